The van der Waals surface area contributed by atoms with Crippen LogP contribution in [0.2, 0.25) is 0 Å². The smallest absolute Gasteiger partial charge is 0.266 e. The van der Waals surface area contributed by atoms with E-state index >= 15 is 0 Å². The average molecular weight is 382 g/mol. The summed E-state index contributed by atoms with van der Waals surface area (Å²) in [4.78, 5) is 14.7. The van der Waals surface area contributed by atoms with Gasteiger partial charge in [0.1, 0.15) is 16.7 Å². The van der Waals surface area contributed by atoms with E-state index in [0.29, 0.717) is 22.4 Å². The maximum atomic E-state index is 12.5. The van der Waals surface area contributed by atoms with Gasteiger partial charge in [-0.3, -0.25) is 9.69 Å². The number of para-hydroxylation sites is 1. The molecule has 1 fully saturated rings. The van der Waals surface area contributed by atoms with Gasteiger partial charge in [-0.25, -0.2) is 0 Å². The average Bonchev–Trinajstić information content (AvgIpc) is 2.90. The zero-order valence-electron chi connectivity index (χ0n) is 14.5. The van der Waals surface area contributed by atoms with Crippen LogP contribution in [-0.4, -0.2) is 21.7 Å². The van der Waals surface area contributed by atoms with Gasteiger partial charge in [0.05, 0.1) is 4.91 Å². The molecule has 5 heteroatoms. The van der Waals surface area contributed by atoms with Crippen LogP contribution in [0.4, 0.5) is 0 Å². The molecule has 1 saturated heterocycles. The molecular weight excluding hydrogens is 362 g/mol. The minimum absolute atomic E-state index is 0.0893. The summed E-state index contributed by atoms with van der Waals surface area (Å²) in [5.74, 6) is 0.651. The summed E-state index contributed by atoms with van der Waals surface area (Å²) >= 11 is 6.59. The third kappa shape index (κ3) is 4.06. The Bertz CT molecular complexity index is 889. The van der Waals surface area contributed by atoms with Gasteiger partial charge in [-0.2, -0.15) is 0 Å². The summed E-state index contributed by atoms with van der Waals surface area (Å²) in [6.07, 6.45) is 3.52. The normalized spacial score (nSPS) is 15.6. The van der Waals surface area contributed by atoms with Crippen molar-refractivity contribution in [3.05, 3.63) is 82.8 Å². The Morgan fingerprint density at radius 2 is 1.92 bits per heavy atom. The Labute approximate surface area is 163 Å². The molecule has 26 heavy (non-hydrogen) atoms. The standard InChI is InChI=1S/C21H19NO2S2/c1-3-12-22-20(23)19(26-21(22)25)13-16-9-6-7-11-18(16)24-14-17-10-5-4-8-15(17)2/h3-11,13H,1,12,14H2,2H3. The summed E-state index contributed by atoms with van der Waals surface area (Å²) in [7, 11) is 0. The van der Waals surface area contributed by atoms with Crippen molar-refractivity contribution in [3.8, 4) is 5.75 Å². The van der Waals surface area contributed by atoms with E-state index in [4.69, 9.17) is 17.0 Å². The van der Waals surface area contributed by atoms with E-state index in [1.807, 2.05) is 42.5 Å². The predicted octanol–water partition coefficient (Wildman–Crippen LogP) is 4.96. The molecule has 0 saturated carbocycles. The Morgan fingerprint density at radius 3 is 2.69 bits per heavy atom. The number of ether oxygens (including phenoxy) is 1. The highest BCUT2D eigenvalue weighted by molar-refractivity contribution is 8.26. The molecule has 0 bridgehead atoms. The van der Waals surface area contributed by atoms with E-state index in [2.05, 4.69) is 25.6 Å². The first-order valence-electron chi connectivity index (χ1n) is 8.22. The van der Waals surface area contributed by atoms with E-state index in [1.54, 1.807) is 11.0 Å². The van der Waals surface area contributed by atoms with Crippen molar-refractivity contribution < 1.29 is 9.53 Å². The van der Waals surface area contributed by atoms with Gasteiger partial charge in [-0.05, 0) is 30.2 Å². The van der Waals surface area contributed by atoms with Gasteiger partial charge in [0, 0.05) is 12.1 Å². The number of nitrogens with zero attached hydrogens (tertiary/aromatic N) is 1. The number of benzene rings is 2. The first kappa shape index (κ1) is 18.4. The fourth-order valence-electron chi connectivity index (χ4n) is 2.59. The van der Waals surface area contributed by atoms with Gasteiger partial charge >= 0.3 is 0 Å². The van der Waals surface area contributed by atoms with Crippen LogP contribution in [0, 0.1) is 6.92 Å². The summed E-state index contributed by atoms with van der Waals surface area (Å²) in [6.45, 7) is 6.64. The van der Waals surface area contributed by atoms with Crippen LogP contribution in [0.3, 0.4) is 0 Å². The van der Waals surface area contributed by atoms with Gasteiger partial charge in [0.2, 0.25) is 0 Å². The van der Waals surface area contributed by atoms with Crippen LogP contribution in [0.5, 0.6) is 5.75 Å². The van der Waals surface area contributed by atoms with E-state index < -0.39 is 0 Å². The fraction of sp³-hybridized carbons (Fsp3) is 0.143. The van der Waals surface area contributed by atoms with Crippen molar-refractivity contribution in [3.63, 3.8) is 0 Å². The van der Waals surface area contributed by atoms with Crippen molar-refractivity contribution in [1.29, 1.82) is 0 Å². The summed E-state index contributed by atoms with van der Waals surface area (Å²) in [5, 5.41) is 0. The van der Waals surface area contributed by atoms with Crippen molar-refractivity contribution in [2.75, 3.05) is 6.54 Å². The molecule has 0 atom stereocenters. The molecule has 0 N–H and O–H groups in total. The molecule has 132 valence electrons. The molecule has 1 amide bonds. The number of rotatable bonds is 6. The number of amides is 1. The second-order valence-corrected chi connectivity index (χ2v) is 7.51. The molecule has 0 spiro atoms. The van der Waals surface area contributed by atoms with Crippen molar-refractivity contribution in [2.24, 2.45) is 0 Å². The van der Waals surface area contributed by atoms with Crippen LogP contribution < -0.4 is 4.74 Å². The lowest BCUT2D eigenvalue weighted by molar-refractivity contribution is -0.121. The monoisotopic (exact) mass is 381 g/mol. The maximum absolute atomic E-state index is 12.5. The molecule has 2 aromatic carbocycles. The molecule has 1 aliphatic heterocycles. The summed E-state index contributed by atoms with van der Waals surface area (Å²) in [6, 6.07) is 15.8. The molecule has 3 nitrogen and oxygen atoms in total. The van der Waals surface area contributed by atoms with Crippen LogP contribution >= 0.6 is 24.0 Å². The number of aryl methyl sites for hydroxylation is 1. The molecule has 0 aromatic heterocycles. The maximum Gasteiger partial charge on any atom is 0.266 e. The van der Waals surface area contributed by atoms with E-state index in [9.17, 15) is 4.79 Å². The number of hydrogen-bond donors (Lipinski definition) is 0. The lowest BCUT2D eigenvalue weighted by atomic mass is 10.1. The molecule has 3 rings (SSSR count). The second-order valence-electron chi connectivity index (χ2n) is 5.83. The first-order valence-corrected chi connectivity index (χ1v) is 9.45. The van der Waals surface area contributed by atoms with Crippen molar-refractivity contribution in [1.82, 2.24) is 4.90 Å². The highest BCUT2D eigenvalue weighted by atomic mass is 32.2. The van der Waals surface area contributed by atoms with Crippen molar-refractivity contribution in [2.45, 2.75) is 13.5 Å². The number of thiocarbonyl (C=S) groups is 1. The summed E-state index contributed by atoms with van der Waals surface area (Å²) < 4.78 is 6.58. The van der Waals surface area contributed by atoms with E-state index in [-0.39, 0.29) is 5.91 Å². The van der Waals surface area contributed by atoms with Gasteiger partial charge in [0.25, 0.3) is 5.91 Å². The molecule has 0 aliphatic carbocycles. The van der Waals surface area contributed by atoms with Crippen molar-refractivity contribution >= 4 is 40.3 Å². The zero-order chi connectivity index (χ0) is 18.5. The minimum atomic E-state index is -0.0893. The van der Waals surface area contributed by atoms with Gasteiger partial charge in [0.15, 0.2) is 0 Å². The number of thioether (sulfide) groups is 1. The van der Waals surface area contributed by atoms with Crippen LogP contribution in [0.15, 0.2) is 66.1 Å². The molecule has 1 aliphatic rings. The zero-order valence-corrected chi connectivity index (χ0v) is 16.1. The minimum Gasteiger partial charge on any atom is -0.488 e. The molecule has 1 heterocycles. The quantitative estimate of drug-likeness (QED) is 0.402. The number of carbonyl (C=O) groups excluding carboxylic acids is 1. The highest BCUT2D eigenvalue weighted by Gasteiger charge is 2.31. The summed E-state index contributed by atoms with van der Waals surface area (Å²) in [5.41, 5.74) is 3.19. The van der Waals surface area contributed by atoms with Gasteiger partial charge < -0.3 is 4.74 Å². The SMILES string of the molecule is C=CCN1C(=O)C(=Cc2ccccc2OCc2ccccc2C)SC1=S. The lowest BCUT2D eigenvalue weighted by Gasteiger charge is -2.12. The van der Waals surface area contributed by atoms with E-state index in [1.165, 1.54) is 17.3 Å². The molecule has 2 aromatic rings. The highest BCUT2D eigenvalue weighted by Crippen LogP contribution is 2.34. The van der Waals surface area contributed by atoms with Gasteiger partial charge in [-0.15, -0.1) is 6.58 Å². The fourth-order valence-corrected chi connectivity index (χ4v) is 3.85. The molecule has 0 radical (unpaired) electrons. The van der Waals surface area contributed by atoms with Gasteiger partial charge in [-0.1, -0.05) is 72.5 Å². The third-order valence-electron chi connectivity index (χ3n) is 4.04. The van der Waals surface area contributed by atoms with Crippen LogP contribution in [0.1, 0.15) is 16.7 Å². The molecule has 0 unspecified atom stereocenters. The Balaban J connectivity index is 1.81. The Morgan fingerprint density at radius 1 is 1.19 bits per heavy atom. The third-order valence-corrected chi connectivity index (χ3v) is 5.41. The molecular formula is C21H19NO2S2. The Kier molecular flexibility index (Phi) is 5.91. The first-order chi connectivity index (χ1) is 12.6. The lowest BCUT2D eigenvalue weighted by Crippen LogP contribution is -2.27. The van der Waals surface area contributed by atoms with Crippen LogP contribution in [-0.2, 0) is 11.4 Å². The number of hydrogen-bond acceptors (Lipinski definition) is 4. The second kappa shape index (κ2) is 8.34. The topological polar surface area (TPSA) is 29.5 Å². The Hall–Kier alpha value is -2.37. The van der Waals surface area contributed by atoms with Crippen LogP contribution in [0.25, 0.3) is 6.08 Å². The predicted molar refractivity (Wildman–Crippen MR) is 112 cm³/mol. The number of carbonyl (C=O) groups is 1. The van der Waals surface area contributed by atoms with E-state index in [0.717, 1.165) is 16.9 Å². The largest absolute Gasteiger partial charge is 0.488 e.